The highest BCUT2D eigenvalue weighted by Crippen LogP contribution is 2.23. The molecule has 0 spiro atoms. The van der Waals surface area contributed by atoms with Crippen LogP contribution in [0.4, 0.5) is 0 Å². The van der Waals surface area contributed by atoms with Crippen molar-refractivity contribution >= 4 is 27.3 Å². The molecular weight excluding hydrogens is 290 g/mol. The third-order valence-corrected chi connectivity index (χ3v) is 5.00. The highest BCUT2D eigenvalue weighted by Gasteiger charge is 2.26. The molecule has 1 heterocycles. The molecule has 2 unspecified atom stereocenters. The summed E-state index contributed by atoms with van der Waals surface area (Å²) in [5, 5.41) is 10.7. The normalized spacial score (nSPS) is 14.9. The molecule has 0 bridgehead atoms. The molecule has 6 nitrogen and oxygen atoms in total. The smallest absolute Gasteiger partial charge is 0.349 e. The van der Waals surface area contributed by atoms with Crippen molar-refractivity contribution in [3.05, 3.63) is 16.3 Å². The molecule has 1 rings (SSSR count). The summed E-state index contributed by atoms with van der Waals surface area (Å²) in [7, 11) is -2.60. The quantitative estimate of drug-likeness (QED) is 0.764. The highest BCUT2D eigenvalue weighted by molar-refractivity contribution is 7.89. The Morgan fingerprint density at radius 2 is 2.16 bits per heavy atom. The Hall–Kier alpha value is -0.960. The van der Waals surface area contributed by atoms with E-state index in [2.05, 4.69) is 9.46 Å². The number of carbonyl (C=O) groups is 1. The first kappa shape index (κ1) is 16.1. The molecule has 0 aliphatic rings. The fourth-order valence-electron chi connectivity index (χ4n) is 1.64. The van der Waals surface area contributed by atoms with Gasteiger partial charge in [0.2, 0.25) is 10.0 Å². The number of thiophene rings is 1. The van der Waals surface area contributed by atoms with Gasteiger partial charge >= 0.3 is 5.97 Å². The number of nitrogens with one attached hydrogen (secondary N) is 1. The number of rotatable bonds is 6. The average molecular weight is 307 g/mol. The molecule has 8 heteroatoms. The van der Waals surface area contributed by atoms with E-state index in [9.17, 15) is 18.3 Å². The first-order valence-corrected chi connectivity index (χ1v) is 8.00. The monoisotopic (exact) mass is 307 g/mol. The number of aliphatic hydroxyl groups is 1. The second kappa shape index (κ2) is 6.47. The van der Waals surface area contributed by atoms with Gasteiger partial charge in [-0.05, 0) is 31.7 Å². The van der Waals surface area contributed by atoms with Crippen molar-refractivity contribution in [1.29, 1.82) is 0 Å². The van der Waals surface area contributed by atoms with E-state index in [1.807, 2.05) is 0 Å². The molecule has 2 N–H and O–H groups in total. The zero-order chi connectivity index (χ0) is 14.6. The minimum atomic E-state index is -3.80. The summed E-state index contributed by atoms with van der Waals surface area (Å²) < 4.78 is 31.2. The number of ether oxygens (including phenoxy) is 1. The molecule has 0 radical (unpaired) electrons. The van der Waals surface area contributed by atoms with E-state index in [-0.39, 0.29) is 16.2 Å². The van der Waals surface area contributed by atoms with Gasteiger partial charge in [0.05, 0.1) is 13.2 Å². The van der Waals surface area contributed by atoms with Crippen molar-refractivity contribution in [3.63, 3.8) is 0 Å². The molecule has 108 valence electrons. The Balaban J connectivity index is 2.95. The number of esters is 1. The lowest BCUT2D eigenvalue weighted by atomic mass is 10.2. The summed E-state index contributed by atoms with van der Waals surface area (Å²) in [4.78, 5) is 11.4. The van der Waals surface area contributed by atoms with Crippen LogP contribution in [0.25, 0.3) is 0 Å². The molecule has 1 aromatic heterocycles. The van der Waals surface area contributed by atoms with Crippen molar-refractivity contribution in [2.24, 2.45) is 0 Å². The SMILES string of the molecule is COC(=O)c1sccc1S(=O)(=O)NC(C)CC(C)O. The highest BCUT2D eigenvalue weighted by atomic mass is 32.2. The van der Waals surface area contributed by atoms with Crippen LogP contribution in [0, 0.1) is 0 Å². The fraction of sp³-hybridized carbons (Fsp3) is 0.545. The predicted molar refractivity (Wildman–Crippen MR) is 71.7 cm³/mol. The van der Waals surface area contributed by atoms with Crippen molar-refractivity contribution < 1.29 is 23.1 Å². The van der Waals surface area contributed by atoms with E-state index in [1.165, 1.54) is 18.6 Å². The lowest BCUT2D eigenvalue weighted by Crippen LogP contribution is -2.35. The van der Waals surface area contributed by atoms with Crippen LogP contribution in [0.5, 0.6) is 0 Å². The Morgan fingerprint density at radius 3 is 2.68 bits per heavy atom. The van der Waals surface area contributed by atoms with Crippen LogP contribution < -0.4 is 4.72 Å². The van der Waals surface area contributed by atoms with Crippen molar-refractivity contribution in [1.82, 2.24) is 4.72 Å². The first-order valence-electron chi connectivity index (χ1n) is 5.64. The molecule has 19 heavy (non-hydrogen) atoms. The fourth-order valence-corrected chi connectivity index (χ4v) is 4.23. The van der Waals surface area contributed by atoms with E-state index in [0.29, 0.717) is 0 Å². The Morgan fingerprint density at radius 1 is 1.53 bits per heavy atom. The van der Waals surface area contributed by atoms with Gasteiger partial charge in [-0.15, -0.1) is 11.3 Å². The van der Waals surface area contributed by atoms with Crippen LogP contribution in [-0.4, -0.2) is 38.7 Å². The van der Waals surface area contributed by atoms with Crippen molar-refractivity contribution in [2.45, 2.75) is 37.3 Å². The molecule has 0 aliphatic heterocycles. The number of hydrogen-bond acceptors (Lipinski definition) is 6. The van der Waals surface area contributed by atoms with Crippen LogP contribution >= 0.6 is 11.3 Å². The number of hydrogen-bond donors (Lipinski definition) is 2. The topological polar surface area (TPSA) is 92.7 Å². The number of methoxy groups -OCH3 is 1. The zero-order valence-electron chi connectivity index (χ0n) is 10.9. The molecule has 0 aromatic carbocycles. The van der Waals surface area contributed by atoms with Gasteiger partial charge in [0, 0.05) is 6.04 Å². The number of aliphatic hydroxyl groups excluding tert-OH is 1. The van der Waals surface area contributed by atoms with Gasteiger partial charge in [-0.1, -0.05) is 0 Å². The molecular formula is C11H17NO5S2. The molecule has 0 saturated heterocycles. The average Bonchev–Trinajstić information content (AvgIpc) is 2.75. The Kier molecular flexibility index (Phi) is 5.48. The maximum Gasteiger partial charge on any atom is 0.349 e. The second-order valence-corrected chi connectivity index (χ2v) is 6.81. The van der Waals surface area contributed by atoms with Crippen LogP contribution in [0.1, 0.15) is 29.9 Å². The third kappa shape index (κ3) is 4.27. The van der Waals surface area contributed by atoms with Crippen LogP contribution in [-0.2, 0) is 14.8 Å². The zero-order valence-corrected chi connectivity index (χ0v) is 12.5. The maximum absolute atomic E-state index is 12.1. The standard InChI is InChI=1S/C11H17NO5S2/c1-7(6-8(2)13)12-19(15,16)9-4-5-18-10(9)11(14)17-3/h4-5,7-8,12-13H,6H2,1-3H3. The molecule has 0 fully saturated rings. The van der Waals surface area contributed by atoms with E-state index in [4.69, 9.17) is 0 Å². The molecule has 0 amide bonds. The summed E-state index contributed by atoms with van der Waals surface area (Å²) in [5.41, 5.74) is 0. The lowest BCUT2D eigenvalue weighted by Gasteiger charge is -2.15. The van der Waals surface area contributed by atoms with Gasteiger partial charge < -0.3 is 9.84 Å². The Bertz CT molecular complexity index is 535. The van der Waals surface area contributed by atoms with E-state index in [1.54, 1.807) is 13.8 Å². The van der Waals surface area contributed by atoms with Gasteiger partial charge in [-0.2, -0.15) is 0 Å². The van der Waals surface area contributed by atoms with Crippen LogP contribution in [0.15, 0.2) is 16.3 Å². The van der Waals surface area contributed by atoms with Gasteiger partial charge in [-0.3, -0.25) is 0 Å². The molecule has 0 aliphatic carbocycles. The van der Waals surface area contributed by atoms with Crippen LogP contribution in [0.2, 0.25) is 0 Å². The Labute approximate surface area is 116 Å². The first-order chi connectivity index (χ1) is 8.77. The summed E-state index contributed by atoms with van der Waals surface area (Å²) in [6.45, 7) is 3.23. The number of sulfonamides is 1. The number of carbonyl (C=O) groups excluding carboxylic acids is 1. The molecule has 0 saturated carbocycles. The van der Waals surface area contributed by atoms with E-state index in [0.717, 1.165) is 11.3 Å². The third-order valence-electron chi connectivity index (χ3n) is 2.34. The van der Waals surface area contributed by atoms with E-state index < -0.39 is 28.1 Å². The lowest BCUT2D eigenvalue weighted by molar-refractivity contribution is 0.0602. The summed E-state index contributed by atoms with van der Waals surface area (Å²) in [6, 6.07) is 0.921. The van der Waals surface area contributed by atoms with Gasteiger partial charge in [0.15, 0.2) is 0 Å². The molecule has 2 atom stereocenters. The molecule has 1 aromatic rings. The van der Waals surface area contributed by atoms with Gasteiger partial charge in [0.1, 0.15) is 9.77 Å². The minimum absolute atomic E-state index is 0.0410. The predicted octanol–water partition coefficient (Wildman–Crippen LogP) is 0.972. The second-order valence-electron chi connectivity index (χ2n) is 4.21. The summed E-state index contributed by atoms with van der Waals surface area (Å²) >= 11 is 1.01. The van der Waals surface area contributed by atoms with Gasteiger partial charge in [0.25, 0.3) is 0 Å². The minimum Gasteiger partial charge on any atom is -0.465 e. The maximum atomic E-state index is 12.1. The van der Waals surface area contributed by atoms with Crippen molar-refractivity contribution in [3.8, 4) is 0 Å². The largest absolute Gasteiger partial charge is 0.465 e. The summed E-state index contributed by atoms with van der Waals surface area (Å²) in [6.07, 6.45) is -0.322. The summed E-state index contributed by atoms with van der Waals surface area (Å²) in [5.74, 6) is -0.682. The van der Waals surface area contributed by atoms with Crippen molar-refractivity contribution in [2.75, 3.05) is 7.11 Å². The van der Waals surface area contributed by atoms with Crippen LogP contribution in [0.3, 0.4) is 0 Å². The van der Waals surface area contributed by atoms with Gasteiger partial charge in [-0.25, -0.2) is 17.9 Å². The van der Waals surface area contributed by atoms with E-state index >= 15 is 0 Å².